The van der Waals surface area contributed by atoms with Gasteiger partial charge in [0.05, 0.1) is 0 Å². The van der Waals surface area contributed by atoms with Crippen molar-refractivity contribution in [2.75, 3.05) is 11.9 Å². The number of unbranched alkanes of at least 4 members (excludes halogenated alkanes) is 2. The average molecular weight is 627 g/mol. The van der Waals surface area contributed by atoms with Crippen LogP contribution in [0.2, 0.25) is 0 Å². The third-order valence-corrected chi connectivity index (χ3v) is 9.87. The van der Waals surface area contributed by atoms with Crippen LogP contribution < -0.4 is 10.7 Å². The minimum Gasteiger partial charge on any atom is -0.385 e. The topological polar surface area (TPSA) is 17.0 Å². The van der Waals surface area contributed by atoms with Crippen LogP contribution in [-0.2, 0) is 6.54 Å². The Morgan fingerprint density at radius 3 is 2.27 bits per heavy atom. The standard InChI is InChI=1S/C46H46N2/c1-4-6-31-47-41-23-13-19-35-17-11-21-39(45(35)41)33(3)25-26-37-27-28-38(44(37)34-15-9-8-10-16-34)29-30-42-40-22-12-18-36-20-14-24-43(46(36)40)48(42)32-7-5-2/h8-26,29-30,47H,3-7,27-28,31-32H2,1-2H3/b26-25+,38-29+,42-30+. The highest BCUT2D eigenvalue weighted by molar-refractivity contribution is 6.10. The van der Waals surface area contributed by atoms with Crippen molar-refractivity contribution in [3.05, 3.63) is 156 Å². The fourth-order valence-electron chi connectivity index (χ4n) is 7.43. The van der Waals surface area contributed by atoms with Gasteiger partial charge in [-0.3, -0.25) is 0 Å². The Balaban J connectivity index is 1.30. The molecule has 5 aromatic carbocycles. The maximum Gasteiger partial charge on any atom is 0.0497 e. The third-order valence-electron chi connectivity index (χ3n) is 9.87. The summed E-state index contributed by atoms with van der Waals surface area (Å²) in [5, 5.41) is 11.5. The van der Waals surface area contributed by atoms with Crippen LogP contribution in [0.3, 0.4) is 0 Å². The van der Waals surface area contributed by atoms with Crippen LogP contribution >= 0.6 is 0 Å². The number of anilines is 1. The predicted molar refractivity (Wildman–Crippen MR) is 210 cm³/mol. The van der Waals surface area contributed by atoms with E-state index < -0.39 is 0 Å². The highest BCUT2D eigenvalue weighted by Crippen LogP contribution is 2.40. The largest absolute Gasteiger partial charge is 0.385 e. The first-order valence-corrected chi connectivity index (χ1v) is 17.8. The molecular weight excluding hydrogens is 581 g/mol. The first-order valence-electron chi connectivity index (χ1n) is 17.8. The minimum absolute atomic E-state index is 0.975. The summed E-state index contributed by atoms with van der Waals surface area (Å²) in [5.74, 6) is 0. The lowest BCUT2D eigenvalue weighted by Gasteiger charge is -2.14. The van der Waals surface area contributed by atoms with E-state index in [1.165, 1.54) is 90.6 Å². The zero-order chi connectivity index (χ0) is 32.9. The summed E-state index contributed by atoms with van der Waals surface area (Å²) >= 11 is 0. The van der Waals surface area contributed by atoms with Crippen molar-refractivity contribution < 1.29 is 0 Å². The van der Waals surface area contributed by atoms with Crippen LogP contribution in [0.5, 0.6) is 0 Å². The van der Waals surface area contributed by atoms with Crippen molar-refractivity contribution >= 4 is 55.4 Å². The van der Waals surface area contributed by atoms with E-state index in [0.717, 1.165) is 37.9 Å². The van der Waals surface area contributed by atoms with Crippen molar-refractivity contribution in [3.8, 4) is 0 Å². The highest BCUT2D eigenvalue weighted by atomic mass is 15.0. The molecule has 1 aliphatic rings. The third kappa shape index (κ3) is 6.16. The summed E-state index contributed by atoms with van der Waals surface area (Å²) < 4.78 is 2.54. The molecular formula is C46H46N2. The first kappa shape index (κ1) is 31.5. The van der Waals surface area contributed by atoms with Gasteiger partial charge in [-0.15, -0.1) is 0 Å². The Bertz CT molecular complexity index is 2230. The number of aryl methyl sites for hydroxylation is 1. The Labute approximate surface area is 285 Å². The molecule has 2 heteroatoms. The summed E-state index contributed by atoms with van der Waals surface area (Å²) in [6.07, 6.45) is 16.0. The molecule has 0 atom stereocenters. The Morgan fingerprint density at radius 1 is 0.750 bits per heavy atom. The molecule has 240 valence electrons. The van der Waals surface area contributed by atoms with Crippen LogP contribution in [0.15, 0.2) is 139 Å². The Kier molecular flexibility index (Phi) is 9.43. The number of nitrogens with one attached hydrogen (secondary N) is 1. The van der Waals surface area contributed by atoms with E-state index in [9.17, 15) is 0 Å². The van der Waals surface area contributed by atoms with E-state index in [2.05, 4.69) is 158 Å². The normalized spacial score (nSPS) is 14.9. The quantitative estimate of drug-likeness (QED) is 0.106. The lowest BCUT2D eigenvalue weighted by atomic mass is 9.95. The van der Waals surface area contributed by atoms with Crippen molar-refractivity contribution in [2.45, 2.75) is 58.9 Å². The average Bonchev–Trinajstić information content (AvgIpc) is 3.68. The van der Waals surface area contributed by atoms with Crippen LogP contribution in [0.25, 0.3) is 49.7 Å². The molecule has 0 fully saturated rings. The van der Waals surface area contributed by atoms with E-state index in [4.69, 9.17) is 0 Å². The second-order valence-corrected chi connectivity index (χ2v) is 13.0. The molecule has 1 aromatic heterocycles. The number of aromatic nitrogens is 1. The van der Waals surface area contributed by atoms with Gasteiger partial charge in [0.15, 0.2) is 0 Å². The highest BCUT2D eigenvalue weighted by Gasteiger charge is 2.20. The number of nitrogens with zero attached hydrogens (tertiary/aromatic N) is 1. The number of fused-ring (bicyclic) bond motifs is 1. The smallest absolute Gasteiger partial charge is 0.0497 e. The Hall–Kier alpha value is -5.08. The zero-order valence-electron chi connectivity index (χ0n) is 28.4. The molecule has 0 unspecified atom stereocenters. The minimum atomic E-state index is 0.975. The van der Waals surface area contributed by atoms with E-state index in [0.29, 0.717) is 0 Å². The Morgan fingerprint density at radius 2 is 1.48 bits per heavy atom. The van der Waals surface area contributed by atoms with Gasteiger partial charge < -0.3 is 9.88 Å². The maximum atomic E-state index is 4.58. The van der Waals surface area contributed by atoms with E-state index >= 15 is 0 Å². The second-order valence-electron chi connectivity index (χ2n) is 13.0. The number of benzene rings is 5. The van der Waals surface area contributed by atoms with Crippen molar-refractivity contribution in [3.63, 3.8) is 0 Å². The fourth-order valence-corrected chi connectivity index (χ4v) is 7.43. The second kappa shape index (κ2) is 14.4. The van der Waals surface area contributed by atoms with Gasteiger partial charge in [0.1, 0.15) is 0 Å². The first-order chi connectivity index (χ1) is 23.7. The van der Waals surface area contributed by atoms with Crippen LogP contribution in [0, 0.1) is 0 Å². The monoisotopic (exact) mass is 626 g/mol. The molecule has 1 aliphatic carbocycles. The van der Waals surface area contributed by atoms with E-state index in [1.807, 2.05) is 0 Å². The molecule has 0 spiro atoms. The molecule has 0 amide bonds. The molecule has 1 N–H and O–H groups in total. The van der Waals surface area contributed by atoms with Gasteiger partial charge in [-0.05, 0) is 88.1 Å². The van der Waals surface area contributed by atoms with Gasteiger partial charge in [0.25, 0.3) is 0 Å². The van der Waals surface area contributed by atoms with Crippen molar-refractivity contribution in [1.29, 1.82) is 0 Å². The van der Waals surface area contributed by atoms with E-state index in [1.54, 1.807) is 0 Å². The maximum absolute atomic E-state index is 4.58. The van der Waals surface area contributed by atoms with Gasteiger partial charge in [0, 0.05) is 45.8 Å². The number of allylic oxidation sites excluding steroid dienone is 7. The number of hydrogen-bond donors (Lipinski definition) is 1. The van der Waals surface area contributed by atoms with E-state index in [-0.39, 0.29) is 0 Å². The molecule has 0 saturated heterocycles. The molecule has 6 aromatic rings. The molecule has 0 bridgehead atoms. The van der Waals surface area contributed by atoms with Crippen molar-refractivity contribution in [2.24, 2.45) is 0 Å². The number of rotatable bonds is 12. The SMILES string of the molecule is C=C(/C=C/C1=C(c2ccccc2)C(=C/C=c2\c3cccc4cccc(c43)n2CCCC)/CC1)c1cccc2cccc(NCCCC)c12. The molecule has 1 heterocycles. The molecule has 0 aliphatic heterocycles. The summed E-state index contributed by atoms with van der Waals surface area (Å²) in [5.41, 5.74) is 10.1. The summed E-state index contributed by atoms with van der Waals surface area (Å²) in [7, 11) is 0. The van der Waals surface area contributed by atoms with Gasteiger partial charge in [0.2, 0.25) is 0 Å². The summed E-state index contributed by atoms with van der Waals surface area (Å²) in [4.78, 5) is 0. The van der Waals surface area contributed by atoms with Crippen molar-refractivity contribution in [1.82, 2.24) is 4.57 Å². The van der Waals surface area contributed by atoms with Gasteiger partial charge in [-0.25, -0.2) is 0 Å². The summed E-state index contributed by atoms with van der Waals surface area (Å²) in [6.45, 7) is 11.1. The predicted octanol–water partition coefficient (Wildman–Crippen LogP) is 11.9. The lowest BCUT2D eigenvalue weighted by Crippen LogP contribution is -2.16. The van der Waals surface area contributed by atoms with Crippen LogP contribution in [0.1, 0.15) is 63.5 Å². The molecule has 2 nitrogen and oxygen atoms in total. The van der Waals surface area contributed by atoms with Crippen LogP contribution in [0.4, 0.5) is 5.69 Å². The fraction of sp³-hybridized carbons (Fsp3) is 0.217. The molecule has 7 rings (SSSR count). The van der Waals surface area contributed by atoms with Gasteiger partial charge in [-0.1, -0.05) is 142 Å². The van der Waals surface area contributed by atoms with Gasteiger partial charge in [-0.2, -0.15) is 0 Å². The van der Waals surface area contributed by atoms with Gasteiger partial charge >= 0.3 is 0 Å². The van der Waals surface area contributed by atoms with Crippen LogP contribution in [-0.4, -0.2) is 11.1 Å². The lowest BCUT2D eigenvalue weighted by molar-refractivity contribution is 0.640. The molecule has 48 heavy (non-hydrogen) atoms. The number of hydrogen-bond acceptors (Lipinski definition) is 1. The zero-order valence-corrected chi connectivity index (χ0v) is 28.4. The molecule has 0 radical (unpaired) electrons. The molecule has 0 saturated carbocycles. The summed E-state index contributed by atoms with van der Waals surface area (Å²) in [6, 6.07) is 37.5.